The molecular formula is C22H19N3O5. The number of carbonyl (C=O) groups is 2. The summed E-state index contributed by atoms with van der Waals surface area (Å²) >= 11 is 0. The number of carbonyl (C=O) groups excluding carboxylic acids is 2. The van der Waals surface area contributed by atoms with Crippen molar-refractivity contribution in [2.24, 2.45) is 11.8 Å². The smallest absolute Gasteiger partial charge is 0.234 e. The highest BCUT2D eigenvalue weighted by Gasteiger charge is 2.67. The highest BCUT2D eigenvalue weighted by Crippen LogP contribution is 2.53. The zero-order chi connectivity index (χ0) is 20.3. The number of pyridine rings is 1. The molecule has 0 aliphatic carbocycles. The van der Waals surface area contributed by atoms with E-state index in [1.54, 1.807) is 29.4 Å². The van der Waals surface area contributed by atoms with Crippen molar-refractivity contribution in [3.8, 4) is 11.5 Å². The second-order valence-electron chi connectivity index (χ2n) is 7.94. The molecule has 0 unspecified atom stereocenters. The van der Waals surface area contributed by atoms with Crippen molar-refractivity contribution in [2.45, 2.75) is 18.2 Å². The van der Waals surface area contributed by atoms with Gasteiger partial charge in [0.15, 0.2) is 11.5 Å². The zero-order valence-electron chi connectivity index (χ0n) is 16.0. The molecule has 152 valence electrons. The zero-order valence-corrected chi connectivity index (χ0v) is 16.0. The molecule has 4 aliphatic rings. The highest BCUT2D eigenvalue weighted by atomic mass is 16.7. The number of ether oxygens (including phenoxy) is 3. The normalized spacial score (nSPS) is 30.1. The first kappa shape index (κ1) is 17.5. The van der Waals surface area contributed by atoms with Crippen LogP contribution >= 0.6 is 0 Å². The maximum Gasteiger partial charge on any atom is 0.234 e. The Labute approximate surface area is 172 Å². The SMILES string of the molecule is O=C(NCc1ccncc1)[C@H]1[C@H]2C(=O)N(c3ccc4c(c3)OCO4)C[C@]23C=C[C@H]1O3. The fourth-order valence-corrected chi connectivity index (χ4v) is 4.88. The van der Waals surface area contributed by atoms with E-state index in [0.29, 0.717) is 30.3 Å². The van der Waals surface area contributed by atoms with Gasteiger partial charge in [0.1, 0.15) is 5.60 Å². The Morgan fingerprint density at radius 2 is 2.03 bits per heavy atom. The molecule has 1 spiro atoms. The second-order valence-corrected chi connectivity index (χ2v) is 7.94. The maximum absolute atomic E-state index is 13.4. The minimum Gasteiger partial charge on any atom is -0.454 e. The number of rotatable bonds is 4. The topological polar surface area (TPSA) is 90.0 Å². The lowest BCUT2D eigenvalue weighted by molar-refractivity contribution is -0.132. The fourth-order valence-electron chi connectivity index (χ4n) is 4.88. The molecule has 1 aromatic carbocycles. The number of fused-ring (bicyclic) bond motifs is 2. The van der Waals surface area contributed by atoms with Crippen LogP contribution in [0.3, 0.4) is 0 Å². The maximum atomic E-state index is 13.4. The molecule has 2 fully saturated rings. The van der Waals surface area contributed by atoms with E-state index in [2.05, 4.69) is 10.3 Å². The van der Waals surface area contributed by atoms with E-state index < -0.39 is 17.4 Å². The standard InChI is InChI=1S/C22H19N3O5/c26-20(24-10-13-4-7-23-8-5-13)18-16-3-6-22(30-16)11-25(21(27)19(18)22)14-1-2-15-17(9-14)29-12-28-15/h1-9,16,18-19H,10-12H2,(H,24,26)/t16-,18-,19+,22-/m1/s1. The summed E-state index contributed by atoms with van der Waals surface area (Å²) in [6, 6.07) is 9.12. The average molecular weight is 405 g/mol. The van der Waals surface area contributed by atoms with Gasteiger partial charge in [-0.3, -0.25) is 14.6 Å². The molecule has 4 aliphatic heterocycles. The lowest BCUT2D eigenvalue weighted by Crippen LogP contribution is -2.43. The monoisotopic (exact) mass is 405 g/mol. The summed E-state index contributed by atoms with van der Waals surface area (Å²) in [4.78, 5) is 32.1. The summed E-state index contributed by atoms with van der Waals surface area (Å²) in [5, 5.41) is 2.96. The van der Waals surface area contributed by atoms with Gasteiger partial charge in [-0.1, -0.05) is 12.2 Å². The van der Waals surface area contributed by atoms with Crippen LogP contribution in [0.2, 0.25) is 0 Å². The first-order chi connectivity index (χ1) is 14.6. The molecule has 8 nitrogen and oxygen atoms in total. The molecule has 0 radical (unpaired) electrons. The van der Waals surface area contributed by atoms with Gasteiger partial charge in [0.2, 0.25) is 18.6 Å². The molecule has 4 atom stereocenters. The number of anilines is 1. The Kier molecular flexibility index (Phi) is 3.67. The minimum absolute atomic E-state index is 0.107. The van der Waals surface area contributed by atoms with E-state index in [-0.39, 0.29) is 24.7 Å². The van der Waals surface area contributed by atoms with Gasteiger partial charge in [0.25, 0.3) is 0 Å². The lowest BCUT2D eigenvalue weighted by atomic mass is 9.77. The van der Waals surface area contributed by atoms with Gasteiger partial charge in [-0.25, -0.2) is 0 Å². The Hall–Kier alpha value is -3.39. The van der Waals surface area contributed by atoms with Gasteiger partial charge in [-0.05, 0) is 29.8 Å². The van der Waals surface area contributed by atoms with Gasteiger partial charge in [-0.2, -0.15) is 0 Å². The quantitative estimate of drug-likeness (QED) is 0.774. The summed E-state index contributed by atoms with van der Waals surface area (Å²) in [6.45, 7) is 0.928. The molecular weight excluding hydrogens is 386 g/mol. The van der Waals surface area contributed by atoms with Crippen molar-refractivity contribution < 1.29 is 23.8 Å². The van der Waals surface area contributed by atoms with E-state index in [4.69, 9.17) is 14.2 Å². The summed E-state index contributed by atoms with van der Waals surface area (Å²) in [6.07, 6.45) is 6.84. The number of nitrogens with zero attached hydrogens (tertiary/aromatic N) is 2. The molecule has 2 amide bonds. The predicted octanol–water partition coefficient (Wildman–Crippen LogP) is 1.41. The van der Waals surface area contributed by atoms with E-state index in [0.717, 1.165) is 5.56 Å². The first-order valence-corrected chi connectivity index (χ1v) is 9.89. The van der Waals surface area contributed by atoms with E-state index >= 15 is 0 Å². The van der Waals surface area contributed by atoms with Crippen LogP contribution in [0, 0.1) is 11.8 Å². The third-order valence-corrected chi connectivity index (χ3v) is 6.29. The lowest BCUT2D eigenvalue weighted by Gasteiger charge is -2.23. The third-order valence-electron chi connectivity index (χ3n) is 6.29. The first-order valence-electron chi connectivity index (χ1n) is 9.89. The number of aromatic nitrogens is 1. The van der Waals surface area contributed by atoms with Gasteiger partial charge >= 0.3 is 0 Å². The van der Waals surface area contributed by atoms with Gasteiger partial charge < -0.3 is 24.4 Å². The Morgan fingerprint density at radius 1 is 1.20 bits per heavy atom. The van der Waals surface area contributed by atoms with Gasteiger partial charge in [0.05, 0.1) is 24.5 Å². The molecule has 2 saturated heterocycles. The predicted molar refractivity (Wildman–Crippen MR) is 105 cm³/mol. The van der Waals surface area contributed by atoms with Crippen LogP contribution in [0.5, 0.6) is 11.5 Å². The Morgan fingerprint density at radius 3 is 2.90 bits per heavy atom. The van der Waals surface area contributed by atoms with Crippen LogP contribution in [0.15, 0.2) is 54.9 Å². The van der Waals surface area contributed by atoms with Crippen LogP contribution in [-0.2, 0) is 20.9 Å². The van der Waals surface area contributed by atoms with Gasteiger partial charge in [-0.15, -0.1) is 0 Å². The molecule has 1 N–H and O–H groups in total. The second kappa shape index (κ2) is 6.30. The number of benzene rings is 1. The van der Waals surface area contributed by atoms with Crippen LogP contribution in [0.25, 0.3) is 0 Å². The molecule has 30 heavy (non-hydrogen) atoms. The Bertz CT molecular complexity index is 1070. The summed E-state index contributed by atoms with van der Waals surface area (Å²) in [5.74, 6) is -0.103. The molecule has 1 aromatic heterocycles. The fraction of sp³-hybridized carbons (Fsp3) is 0.318. The van der Waals surface area contributed by atoms with Crippen molar-refractivity contribution in [2.75, 3.05) is 18.2 Å². The van der Waals surface area contributed by atoms with Crippen LogP contribution in [0.1, 0.15) is 5.56 Å². The van der Waals surface area contributed by atoms with Crippen LogP contribution < -0.4 is 19.7 Å². The number of hydrogen-bond donors (Lipinski definition) is 1. The van der Waals surface area contributed by atoms with Crippen molar-refractivity contribution in [3.05, 3.63) is 60.4 Å². The van der Waals surface area contributed by atoms with Crippen molar-refractivity contribution in [3.63, 3.8) is 0 Å². The van der Waals surface area contributed by atoms with E-state index in [1.165, 1.54) is 0 Å². The number of amides is 2. The summed E-state index contributed by atoms with van der Waals surface area (Å²) in [5.41, 5.74) is 0.897. The van der Waals surface area contributed by atoms with E-state index in [1.807, 2.05) is 30.4 Å². The molecule has 2 aromatic rings. The van der Waals surface area contributed by atoms with Crippen LogP contribution in [0.4, 0.5) is 5.69 Å². The highest BCUT2D eigenvalue weighted by molar-refractivity contribution is 6.03. The molecule has 6 rings (SSSR count). The van der Waals surface area contributed by atoms with E-state index in [9.17, 15) is 9.59 Å². The van der Waals surface area contributed by atoms with Crippen molar-refractivity contribution in [1.82, 2.24) is 10.3 Å². The average Bonchev–Trinajstić information content (AvgIpc) is 3.53. The Balaban J connectivity index is 1.25. The molecule has 5 heterocycles. The molecule has 0 saturated carbocycles. The van der Waals surface area contributed by atoms with Crippen molar-refractivity contribution >= 4 is 17.5 Å². The van der Waals surface area contributed by atoms with Crippen molar-refractivity contribution in [1.29, 1.82) is 0 Å². The number of hydrogen-bond acceptors (Lipinski definition) is 6. The molecule has 8 heteroatoms. The minimum atomic E-state index is -0.767. The van der Waals surface area contributed by atoms with Gasteiger partial charge in [0, 0.05) is 30.7 Å². The largest absolute Gasteiger partial charge is 0.454 e. The third kappa shape index (κ3) is 2.46. The van der Waals surface area contributed by atoms with Crippen LogP contribution in [-0.4, -0.2) is 41.8 Å². The summed E-state index contributed by atoms with van der Waals surface area (Å²) < 4.78 is 17.0. The number of nitrogens with one attached hydrogen (secondary N) is 1. The summed E-state index contributed by atoms with van der Waals surface area (Å²) in [7, 11) is 0. The molecule has 2 bridgehead atoms.